The molecule has 29 heavy (non-hydrogen) atoms. The van der Waals surface area contributed by atoms with Gasteiger partial charge in [0, 0.05) is 44.0 Å². The van der Waals surface area contributed by atoms with Crippen LogP contribution in [0, 0.1) is 24.2 Å². The first kappa shape index (κ1) is 20.6. The average Bonchev–Trinajstić information content (AvgIpc) is 2.73. The number of nitrogens with zero attached hydrogens (tertiary/aromatic N) is 4. The molecule has 0 spiro atoms. The SMILES string of the molecule is Cc1cc(N(C)C)nc(NC[C@H]2CC[C@@H](NC(=O)c3ccc(C#N)cc3)CC2)n1. The van der Waals surface area contributed by atoms with Crippen LogP contribution in [0.1, 0.15) is 47.3 Å². The molecule has 1 heterocycles. The van der Waals surface area contributed by atoms with Crippen molar-refractivity contribution in [3.05, 3.63) is 47.2 Å². The van der Waals surface area contributed by atoms with Crippen LogP contribution in [0.25, 0.3) is 0 Å². The van der Waals surface area contributed by atoms with E-state index in [4.69, 9.17) is 5.26 Å². The first-order valence-corrected chi connectivity index (χ1v) is 10.0. The van der Waals surface area contributed by atoms with Crippen molar-refractivity contribution in [2.24, 2.45) is 5.92 Å². The molecule has 0 radical (unpaired) electrons. The maximum atomic E-state index is 12.4. The number of benzene rings is 1. The van der Waals surface area contributed by atoms with Crippen molar-refractivity contribution in [2.75, 3.05) is 30.9 Å². The number of anilines is 2. The van der Waals surface area contributed by atoms with E-state index in [-0.39, 0.29) is 11.9 Å². The lowest BCUT2D eigenvalue weighted by Crippen LogP contribution is -2.38. The highest BCUT2D eigenvalue weighted by atomic mass is 16.1. The highest BCUT2D eigenvalue weighted by Gasteiger charge is 2.23. The Hall–Kier alpha value is -3.14. The Bertz CT molecular complexity index is 879. The van der Waals surface area contributed by atoms with E-state index in [1.54, 1.807) is 24.3 Å². The maximum Gasteiger partial charge on any atom is 0.251 e. The van der Waals surface area contributed by atoms with E-state index >= 15 is 0 Å². The Morgan fingerprint density at radius 2 is 1.86 bits per heavy atom. The number of rotatable bonds is 6. The van der Waals surface area contributed by atoms with Crippen molar-refractivity contribution in [3.63, 3.8) is 0 Å². The van der Waals surface area contributed by atoms with E-state index < -0.39 is 0 Å². The summed E-state index contributed by atoms with van der Waals surface area (Å²) in [6, 6.07) is 11.0. The van der Waals surface area contributed by atoms with Gasteiger partial charge in [0.2, 0.25) is 5.95 Å². The lowest BCUT2D eigenvalue weighted by atomic mass is 9.86. The molecule has 0 unspecified atom stereocenters. The van der Waals surface area contributed by atoms with Gasteiger partial charge < -0.3 is 15.5 Å². The van der Waals surface area contributed by atoms with Crippen LogP contribution in [0.4, 0.5) is 11.8 Å². The molecule has 0 saturated heterocycles. The summed E-state index contributed by atoms with van der Waals surface area (Å²) in [5.74, 6) is 2.05. The van der Waals surface area contributed by atoms with Crippen molar-refractivity contribution < 1.29 is 4.79 Å². The summed E-state index contributed by atoms with van der Waals surface area (Å²) in [6.45, 7) is 2.81. The highest BCUT2D eigenvalue weighted by molar-refractivity contribution is 5.94. The fraction of sp³-hybridized carbons (Fsp3) is 0.455. The van der Waals surface area contributed by atoms with E-state index in [0.29, 0.717) is 23.0 Å². The summed E-state index contributed by atoms with van der Waals surface area (Å²) in [5, 5.41) is 15.4. The topological polar surface area (TPSA) is 93.9 Å². The van der Waals surface area contributed by atoms with E-state index in [1.807, 2.05) is 32.0 Å². The molecule has 7 heteroatoms. The Morgan fingerprint density at radius 1 is 1.17 bits per heavy atom. The molecule has 152 valence electrons. The molecule has 7 nitrogen and oxygen atoms in total. The molecule has 1 amide bonds. The zero-order chi connectivity index (χ0) is 20.8. The number of hydrogen-bond acceptors (Lipinski definition) is 6. The van der Waals surface area contributed by atoms with Gasteiger partial charge >= 0.3 is 0 Å². The molecule has 1 saturated carbocycles. The van der Waals surface area contributed by atoms with Gasteiger partial charge in [-0.3, -0.25) is 4.79 Å². The quantitative estimate of drug-likeness (QED) is 0.784. The summed E-state index contributed by atoms with van der Waals surface area (Å²) < 4.78 is 0. The van der Waals surface area contributed by atoms with Crippen molar-refractivity contribution in [3.8, 4) is 6.07 Å². The number of nitriles is 1. The van der Waals surface area contributed by atoms with E-state index in [0.717, 1.165) is 43.7 Å². The van der Waals surface area contributed by atoms with Crippen LogP contribution in [0.2, 0.25) is 0 Å². The lowest BCUT2D eigenvalue weighted by molar-refractivity contribution is 0.0922. The highest BCUT2D eigenvalue weighted by Crippen LogP contribution is 2.25. The number of aryl methyl sites for hydroxylation is 1. The third kappa shape index (κ3) is 5.67. The first-order valence-electron chi connectivity index (χ1n) is 10.0. The monoisotopic (exact) mass is 392 g/mol. The molecule has 0 aliphatic heterocycles. The Kier molecular flexibility index (Phi) is 6.65. The van der Waals surface area contributed by atoms with Crippen molar-refractivity contribution in [1.29, 1.82) is 5.26 Å². The second kappa shape index (κ2) is 9.37. The van der Waals surface area contributed by atoms with Crippen LogP contribution in [-0.2, 0) is 0 Å². The smallest absolute Gasteiger partial charge is 0.251 e. The third-order valence-corrected chi connectivity index (χ3v) is 5.31. The molecule has 1 aliphatic carbocycles. The predicted molar refractivity (Wildman–Crippen MR) is 114 cm³/mol. The molecule has 1 fully saturated rings. The van der Waals surface area contributed by atoms with Gasteiger partial charge in [-0.05, 0) is 62.8 Å². The molecule has 1 aromatic heterocycles. The Balaban J connectivity index is 1.46. The van der Waals surface area contributed by atoms with Gasteiger partial charge in [-0.25, -0.2) is 4.98 Å². The Labute approximate surface area is 172 Å². The first-order chi connectivity index (χ1) is 13.9. The molecule has 0 bridgehead atoms. The van der Waals surface area contributed by atoms with Gasteiger partial charge in [-0.2, -0.15) is 10.2 Å². The number of carbonyl (C=O) groups is 1. The van der Waals surface area contributed by atoms with Gasteiger partial charge in [0.1, 0.15) is 5.82 Å². The Morgan fingerprint density at radius 3 is 2.48 bits per heavy atom. The van der Waals surface area contributed by atoms with Crippen molar-refractivity contribution in [2.45, 2.75) is 38.6 Å². The normalized spacial score (nSPS) is 18.6. The van der Waals surface area contributed by atoms with Gasteiger partial charge in [-0.1, -0.05) is 0 Å². The second-order valence-corrected chi connectivity index (χ2v) is 7.85. The fourth-order valence-corrected chi connectivity index (χ4v) is 3.57. The summed E-state index contributed by atoms with van der Waals surface area (Å²) in [5.41, 5.74) is 2.10. The van der Waals surface area contributed by atoms with Crippen LogP contribution in [0.15, 0.2) is 30.3 Å². The molecule has 2 N–H and O–H groups in total. The average molecular weight is 393 g/mol. The molecule has 0 atom stereocenters. The molecule has 1 aliphatic rings. The third-order valence-electron chi connectivity index (χ3n) is 5.31. The minimum Gasteiger partial charge on any atom is -0.363 e. The van der Waals surface area contributed by atoms with Gasteiger partial charge in [0.05, 0.1) is 11.6 Å². The second-order valence-electron chi connectivity index (χ2n) is 7.85. The molecule has 1 aromatic carbocycles. The summed E-state index contributed by atoms with van der Waals surface area (Å²) in [7, 11) is 3.94. The number of aromatic nitrogens is 2. The van der Waals surface area contributed by atoms with Crippen LogP contribution in [0.5, 0.6) is 0 Å². The summed E-state index contributed by atoms with van der Waals surface area (Å²) in [4.78, 5) is 23.4. The zero-order valence-corrected chi connectivity index (χ0v) is 17.3. The lowest BCUT2D eigenvalue weighted by Gasteiger charge is -2.29. The summed E-state index contributed by atoms with van der Waals surface area (Å²) in [6.07, 6.45) is 4.04. The molecule has 2 aromatic rings. The van der Waals surface area contributed by atoms with Gasteiger partial charge in [-0.15, -0.1) is 0 Å². The molecule has 3 rings (SSSR count). The van der Waals surface area contributed by atoms with Crippen molar-refractivity contribution >= 4 is 17.7 Å². The minimum atomic E-state index is -0.0690. The molecular weight excluding hydrogens is 364 g/mol. The zero-order valence-electron chi connectivity index (χ0n) is 17.3. The fourth-order valence-electron chi connectivity index (χ4n) is 3.57. The number of carbonyl (C=O) groups excluding carboxylic acids is 1. The maximum absolute atomic E-state index is 12.4. The van der Waals surface area contributed by atoms with Crippen molar-refractivity contribution in [1.82, 2.24) is 15.3 Å². The standard InChI is InChI=1S/C22H28N6O/c1-15-12-20(28(2)3)27-22(25-15)24-14-17-6-10-19(11-7-17)26-21(29)18-8-4-16(13-23)5-9-18/h4-5,8-9,12,17,19H,6-7,10-11,14H2,1-3H3,(H,26,29)(H,24,25,27)/t17-,19+. The van der Waals surface area contributed by atoms with Crippen LogP contribution in [-0.4, -0.2) is 42.6 Å². The number of hydrogen-bond donors (Lipinski definition) is 2. The van der Waals surface area contributed by atoms with E-state index in [9.17, 15) is 4.79 Å². The number of nitrogens with one attached hydrogen (secondary N) is 2. The molecular formula is C22H28N6O. The van der Waals surface area contributed by atoms with Crippen LogP contribution < -0.4 is 15.5 Å². The van der Waals surface area contributed by atoms with E-state index in [1.165, 1.54) is 0 Å². The van der Waals surface area contributed by atoms with Gasteiger partial charge in [0.25, 0.3) is 5.91 Å². The van der Waals surface area contributed by atoms with E-state index in [2.05, 4.69) is 26.7 Å². The number of amides is 1. The largest absolute Gasteiger partial charge is 0.363 e. The van der Waals surface area contributed by atoms with Gasteiger partial charge in [0.15, 0.2) is 0 Å². The van der Waals surface area contributed by atoms with Crippen LogP contribution >= 0.6 is 0 Å². The predicted octanol–water partition coefficient (Wildman–Crippen LogP) is 3.12. The van der Waals surface area contributed by atoms with Crippen LogP contribution in [0.3, 0.4) is 0 Å². The summed E-state index contributed by atoms with van der Waals surface area (Å²) >= 11 is 0. The minimum absolute atomic E-state index is 0.0690.